The lowest BCUT2D eigenvalue weighted by Crippen LogP contribution is -2.14. The molecular formula is C11H15O3P. The quantitative estimate of drug-likeness (QED) is 0.724. The van der Waals surface area contributed by atoms with Crippen molar-refractivity contribution >= 4 is 18.2 Å². The van der Waals surface area contributed by atoms with Crippen LogP contribution >= 0.6 is 7.37 Å². The van der Waals surface area contributed by atoms with E-state index in [2.05, 4.69) is 0 Å². The van der Waals surface area contributed by atoms with E-state index in [1.165, 1.54) is 0 Å². The summed E-state index contributed by atoms with van der Waals surface area (Å²) in [6.45, 7) is 3.70. The van der Waals surface area contributed by atoms with Gasteiger partial charge in [0.15, 0.2) is 0 Å². The molecule has 1 atom stereocenters. The maximum atomic E-state index is 12.4. The molecule has 3 nitrogen and oxygen atoms in total. The third kappa shape index (κ3) is 2.55. The van der Waals surface area contributed by atoms with Gasteiger partial charge in [0.2, 0.25) is 5.52 Å². The minimum absolute atomic E-state index is 0.228. The highest BCUT2D eigenvalue weighted by Crippen LogP contribution is 2.47. The Morgan fingerprint density at radius 1 is 1.27 bits per heavy atom. The van der Waals surface area contributed by atoms with Crippen molar-refractivity contribution in [2.75, 3.05) is 6.61 Å². The lowest BCUT2D eigenvalue weighted by atomic mass is 10.4. The molecule has 4 heteroatoms. The van der Waals surface area contributed by atoms with Crippen molar-refractivity contribution in [3.05, 3.63) is 30.3 Å². The van der Waals surface area contributed by atoms with Gasteiger partial charge in [-0.15, -0.1) is 0 Å². The normalized spacial score (nSPS) is 14.5. The largest absolute Gasteiger partial charge is 0.320 e. The van der Waals surface area contributed by atoms with Crippen LogP contribution in [0.4, 0.5) is 0 Å². The number of benzene rings is 1. The predicted molar refractivity (Wildman–Crippen MR) is 60.6 cm³/mol. The van der Waals surface area contributed by atoms with Gasteiger partial charge < -0.3 is 4.52 Å². The Hall–Kier alpha value is -0.920. The number of carbonyl (C=O) groups is 1. The zero-order valence-electron chi connectivity index (χ0n) is 8.97. The van der Waals surface area contributed by atoms with Crippen LogP contribution in [-0.4, -0.2) is 12.1 Å². The van der Waals surface area contributed by atoms with Gasteiger partial charge in [0.05, 0.1) is 6.61 Å². The molecule has 0 radical (unpaired) electrons. The molecule has 1 unspecified atom stereocenters. The molecule has 0 aliphatic rings. The summed E-state index contributed by atoms with van der Waals surface area (Å²) >= 11 is 0. The Balaban J connectivity index is 3.13. The molecule has 0 spiro atoms. The van der Waals surface area contributed by atoms with Crippen molar-refractivity contribution in [2.45, 2.75) is 20.3 Å². The molecule has 0 saturated heterocycles. The summed E-state index contributed by atoms with van der Waals surface area (Å²) in [5.41, 5.74) is -0.324. The lowest BCUT2D eigenvalue weighted by Gasteiger charge is -2.15. The van der Waals surface area contributed by atoms with Crippen molar-refractivity contribution in [2.24, 2.45) is 0 Å². The van der Waals surface area contributed by atoms with Crippen LogP contribution in [0.25, 0.3) is 0 Å². The Morgan fingerprint density at radius 2 is 1.87 bits per heavy atom. The van der Waals surface area contributed by atoms with E-state index in [4.69, 9.17) is 4.52 Å². The zero-order chi connectivity index (χ0) is 11.3. The molecule has 0 amide bonds. The van der Waals surface area contributed by atoms with Gasteiger partial charge in [0.1, 0.15) is 0 Å². The van der Waals surface area contributed by atoms with E-state index >= 15 is 0 Å². The topological polar surface area (TPSA) is 43.4 Å². The molecule has 0 bridgehead atoms. The predicted octanol–water partition coefficient (Wildman–Crippen LogP) is 2.56. The van der Waals surface area contributed by atoms with Crippen molar-refractivity contribution in [1.82, 2.24) is 0 Å². The Labute approximate surface area is 89.9 Å². The van der Waals surface area contributed by atoms with Gasteiger partial charge in [-0.3, -0.25) is 9.36 Å². The Bertz CT molecular complexity index is 373. The van der Waals surface area contributed by atoms with Crippen LogP contribution in [0.2, 0.25) is 0 Å². The molecule has 0 saturated carbocycles. The first-order chi connectivity index (χ1) is 7.15. The molecule has 82 valence electrons. The van der Waals surface area contributed by atoms with Gasteiger partial charge in [-0.25, -0.2) is 0 Å². The highest BCUT2D eigenvalue weighted by molar-refractivity contribution is 7.82. The standard InChI is InChI=1S/C11H15O3P/c1-3-11(12)15(13,14-4-2)10-8-6-5-7-9-10/h5-9H,3-4H2,1-2H3. The summed E-state index contributed by atoms with van der Waals surface area (Å²) in [7, 11) is -3.30. The number of carbonyl (C=O) groups excluding carboxylic acids is 1. The molecule has 0 aromatic heterocycles. The first-order valence-electron chi connectivity index (χ1n) is 4.98. The molecule has 0 aliphatic heterocycles. The van der Waals surface area contributed by atoms with E-state index < -0.39 is 7.37 Å². The molecule has 1 rings (SSSR count). The van der Waals surface area contributed by atoms with Crippen molar-refractivity contribution in [3.8, 4) is 0 Å². The SMILES string of the molecule is CCOP(=O)(C(=O)CC)c1ccccc1. The average molecular weight is 226 g/mol. The maximum absolute atomic E-state index is 12.4. The monoisotopic (exact) mass is 226 g/mol. The molecular weight excluding hydrogens is 211 g/mol. The van der Waals surface area contributed by atoms with Crippen molar-refractivity contribution in [1.29, 1.82) is 0 Å². The molecule has 0 N–H and O–H groups in total. The van der Waals surface area contributed by atoms with Crippen LogP contribution < -0.4 is 5.30 Å². The van der Waals surface area contributed by atoms with Crippen LogP contribution in [0, 0.1) is 0 Å². The number of hydrogen-bond acceptors (Lipinski definition) is 3. The van der Waals surface area contributed by atoms with Crippen LogP contribution in [0.5, 0.6) is 0 Å². The summed E-state index contributed by atoms with van der Waals surface area (Å²) in [5.74, 6) is 0. The van der Waals surface area contributed by atoms with E-state index in [1.807, 2.05) is 6.07 Å². The first-order valence-corrected chi connectivity index (χ1v) is 6.61. The van der Waals surface area contributed by atoms with E-state index in [-0.39, 0.29) is 18.6 Å². The number of rotatable bonds is 5. The molecule has 1 aromatic carbocycles. The molecule has 0 fully saturated rings. The fourth-order valence-corrected chi connectivity index (χ4v) is 3.23. The first kappa shape index (κ1) is 12.2. The fraction of sp³-hybridized carbons (Fsp3) is 0.364. The second-order valence-corrected chi connectivity index (χ2v) is 5.43. The van der Waals surface area contributed by atoms with Crippen molar-refractivity contribution < 1.29 is 13.9 Å². The van der Waals surface area contributed by atoms with Crippen LogP contribution in [0.3, 0.4) is 0 Å². The van der Waals surface area contributed by atoms with Gasteiger partial charge in [-0.05, 0) is 19.1 Å². The van der Waals surface area contributed by atoms with Crippen LogP contribution in [0.15, 0.2) is 30.3 Å². The van der Waals surface area contributed by atoms with Gasteiger partial charge in [0.25, 0.3) is 7.37 Å². The maximum Gasteiger partial charge on any atom is 0.295 e. The van der Waals surface area contributed by atoms with Crippen molar-refractivity contribution in [3.63, 3.8) is 0 Å². The minimum Gasteiger partial charge on any atom is -0.320 e. The van der Waals surface area contributed by atoms with E-state index in [0.717, 1.165) is 0 Å². The Kier molecular flexibility index (Phi) is 4.25. The molecule has 15 heavy (non-hydrogen) atoms. The van der Waals surface area contributed by atoms with E-state index in [1.54, 1.807) is 38.1 Å². The Morgan fingerprint density at radius 3 is 2.33 bits per heavy atom. The molecule has 1 aromatic rings. The molecule has 0 aliphatic carbocycles. The summed E-state index contributed by atoms with van der Waals surface area (Å²) in [6.07, 6.45) is 0.228. The minimum atomic E-state index is -3.30. The summed E-state index contributed by atoms with van der Waals surface area (Å²) < 4.78 is 17.5. The third-order valence-corrected chi connectivity index (χ3v) is 4.61. The van der Waals surface area contributed by atoms with Crippen LogP contribution in [0.1, 0.15) is 20.3 Å². The lowest BCUT2D eigenvalue weighted by molar-refractivity contribution is -0.112. The highest BCUT2D eigenvalue weighted by atomic mass is 31.2. The summed E-state index contributed by atoms with van der Waals surface area (Å²) in [4.78, 5) is 11.6. The fourth-order valence-electron chi connectivity index (χ4n) is 1.30. The third-order valence-electron chi connectivity index (χ3n) is 2.04. The zero-order valence-corrected chi connectivity index (χ0v) is 9.87. The average Bonchev–Trinajstić information content (AvgIpc) is 2.29. The van der Waals surface area contributed by atoms with Gasteiger partial charge in [-0.1, -0.05) is 25.1 Å². The van der Waals surface area contributed by atoms with Gasteiger partial charge >= 0.3 is 0 Å². The van der Waals surface area contributed by atoms with Crippen LogP contribution in [-0.2, 0) is 13.9 Å². The van der Waals surface area contributed by atoms with E-state index in [9.17, 15) is 9.36 Å². The second kappa shape index (κ2) is 5.24. The molecule has 0 heterocycles. The number of hydrogen-bond donors (Lipinski definition) is 0. The smallest absolute Gasteiger partial charge is 0.295 e. The highest BCUT2D eigenvalue weighted by Gasteiger charge is 2.32. The van der Waals surface area contributed by atoms with Gasteiger partial charge in [-0.2, -0.15) is 0 Å². The summed E-state index contributed by atoms with van der Waals surface area (Å²) in [5, 5.41) is 0.485. The van der Waals surface area contributed by atoms with Gasteiger partial charge in [0, 0.05) is 11.7 Å². The second-order valence-electron chi connectivity index (χ2n) is 3.05. The van der Waals surface area contributed by atoms with E-state index in [0.29, 0.717) is 5.30 Å². The summed E-state index contributed by atoms with van der Waals surface area (Å²) in [6, 6.07) is 8.66.